The van der Waals surface area contributed by atoms with Gasteiger partial charge < -0.3 is 5.11 Å². The lowest BCUT2D eigenvalue weighted by molar-refractivity contribution is 0.0691. The highest BCUT2D eigenvalue weighted by atomic mass is 35.5. The van der Waals surface area contributed by atoms with E-state index < -0.39 is 5.97 Å². The van der Waals surface area contributed by atoms with Gasteiger partial charge in [-0.1, -0.05) is 29.4 Å². The van der Waals surface area contributed by atoms with E-state index in [0.29, 0.717) is 26.1 Å². The van der Waals surface area contributed by atoms with E-state index in [4.69, 9.17) is 11.6 Å². The van der Waals surface area contributed by atoms with Crippen LogP contribution in [0.5, 0.6) is 0 Å². The molecule has 2 aromatic rings. The number of hydrogen-bond acceptors (Lipinski definition) is 4. The maximum atomic E-state index is 11.4. The van der Waals surface area contributed by atoms with Gasteiger partial charge in [-0.15, -0.1) is 0 Å². The second-order valence-electron chi connectivity index (χ2n) is 4.39. The van der Waals surface area contributed by atoms with E-state index >= 15 is 0 Å². The van der Waals surface area contributed by atoms with Crippen molar-refractivity contribution in [1.82, 2.24) is 4.98 Å². The van der Waals surface area contributed by atoms with E-state index in [1.54, 1.807) is 38.1 Å². The fourth-order valence-corrected chi connectivity index (χ4v) is 3.36. The molecule has 0 radical (unpaired) electrons. The number of nitrogens with zero attached hydrogens (tertiary/aromatic N) is 2. The topological polar surface area (TPSA) is 74.0 Å². The van der Waals surface area contributed by atoms with Crippen LogP contribution in [0.4, 0.5) is 0 Å². The lowest BCUT2D eigenvalue weighted by Crippen LogP contribution is -2.05. The molecule has 0 aliphatic heterocycles. The number of carbonyl (C=O) groups is 1. The van der Waals surface area contributed by atoms with Gasteiger partial charge in [0, 0.05) is 10.6 Å². The third-order valence-corrected chi connectivity index (χ3v) is 4.18. The summed E-state index contributed by atoms with van der Waals surface area (Å²) in [5.41, 5.74) is 1.83. The predicted octanol–water partition coefficient (Wildman–Crippen LogP) is 4.07. The minimum atomic E-state index is -1.04. The van der Waals surface area contributed by atoms with E-state index in [-0.39, 0.29) is 5.56 Å². The zero-order chi connectivity index (χ0) is 15.6. The van der Waals surface area contributed by atoms with Gasteiger partial charge in [0.2, 0.25) is 0 Å². The van der Waals surface area contributed by atoms with E-state index in [9.17, 15) is 15.2 Å². The number of carboxylic acid groups (broad SMARTS) is 1. The molecule has 21 heavy (non-hydrogen) atoms. The van der Waals surface area contributed by atoms with Gasteiger partial charge in [0.05, 0.1) is 16.1 Å². The van der Waals surface area contributed by atoms with Crippen LogP contribution in [-0.2, 0) is 0 Å². The molecule has 0 aliphatic carbocycles. The van der Waals surface area contributed by atoms with Gasteiger partial charge in [-0.3, -0.25) is 0 Å². The van der Waals surface area contributed by atoms with E-state index in [0.717, 1.165) is 17.5 Å². The molecule has 6 heteroatoms. The standard InChI is InChI=1S/C15H11ClN2O2S/c1-8-6-9(2)18-14(13(8)15(19)20)21-12-5-3-4-11(16)10(12)7-17/h3-6H,1-2H3,(H,19,20). The summed E-state index contributed by atoms with van der Waals surface area (Å²) < 4.78 is 0. The molecule has 0 amide bonds. The Bertz CT molecular complexity index is 769. The van der Waals surface area contributed by atoms with Crippen molar-refractivity contribution in [2.45, 2.75) is 23.8 Å². The molecule has 0 bridgehead atoms. The summed E-state index contributed by atoms with van der Waals surface area (Å²) in [6.07, 6.45) is 0. The molecule has 1 aromatic heterocycles. The van der Waals surface area contributed by atoms with Crippen LogP contribution in [0.3, 0.4) is 0 Å². The number of halogens is 1. The van der Waals surface area contributed by atoms with Crippen molar-refractivity contribution < 1.29 is 9.90 Å². The molecule has 0 saturated carbocycles. The van der Waals surface area contributed by atoms with Crippen molar-refractivity contribution in [2.24, 2.45) is 0 Å². The van der Waals surface area contributed by atoms with Gasteiger partial charge in [-0.2, -0.15) is 5.26 Å². The number of pyridine rings is 1. The van der Waals surface area contributed by atoms with E-state index in [1.165, 1.54) is 0 Å². The third kappa shape index (κ3) is 3.18. The largest absolute Gasteiger partial charge is 0.478 e. The summed E-state index contributed by atoms with van der Waals surface area (Å²) in [6.45, 7) is 3.53. The van der Waals surface area contributed by atoms with Gasteiger partial charge in [-0.05, 0) is 37.6 Å². The molecule has 0 saturated heterocycles. The minimum Gasteiger partial charge on any atom is -0.478 e. The van der Waals surface area contributed by atoms with Gasteiger partial charge >= 0.3 is 5.97 Å². The Hall–Kier alpha value is -2.03. The smallest absolute Gasteiger partial charge is 0.338 e. The Morgan fingerprint density at radius 3 is 2.76 bits per heavy atom. The Balaban J connectivity index is 2.58. The average Bonchev–Trinajstić information content (AvgIpc) is 2.37. The fraction of sp³-hybridized carbons (Fsp3) is 0.133. The van der Waals surface area contributed by atoms with Crippen molar-refractivity contribution in [1.29, 1.82) is 5.26 Å². The van der Waals surface area contributed by atoms with E-state index in [2.05, 4.69) is 4.98 Å². The fourth-order valence-electron chi connectivity index (χ4n) is 1.94. The van der Waals surface area contributed by atoms with Crippen molar-refractivity contribution >= 4 is 29.3 Å². The molecule has 4 nitrogen and oxygen atoms in total. The monoisotopic (exact) mass is 318 g/mol. The van der Waals surface area contributed by atoms with E-state index in [1.807, 2.05) is 6.07 Å². The van der Waals surface area contributed by atoms with Crippen molar-refractivity contribution in [3.63, 3.8) is 0 Å². The van der Waals surface area contributed by atoms with Crippen molar-refractivity contribution in [3.05, 3.63) is 51.7 Å². The minimum absolute atomic E-state index is 0.148. The lowest BCUT2D eigenvalue weighted by atomic mass is 10.1. The summed E-state index contributed by atoms with van der Waals surface area (Å²) >= 11 is 7.13. The number of rotatable bonds is 3. The molecule has 0 unspecified atom stereocenters. The van der Waals surface area contributed by atoms with Crippen LogP contribution >= 0.6 is 23.4 Å². The Kier molecular flexibility index (Phi) is 4.51. The molecular formula is C15H11ClN2O2S. The zero-order valence-electron chi connectivity index (χ0n) is 11.3. The quantitative estimate of drug-likeness (QED) is 0.923. The van der Waals surface area contributed by atoms with Gasteiger partial charge in [-0.25, -0.2) is 9.78 Å². The summed E-state index contributed by atoms with van der Waals surface area (Å²) in [5, 5.41) is 19.2. The Morgan fingerprint density at radius 2 is 2.14 bits per heavy atom. The van der Waals surface area contributed by atoms with Crippen LogP contribution in [0.15, 0.2) is 34.2 Å². The molecule has 0 aliphatic rings. The highest BCUT2D eigenvalue weighted by molar-refractivity contribution is 7.99. The Morgan fingerprint density at radius 1 is 1.43 bits per heavy atom. The van der Waals surface area contributed by atoms with Crippen molar-refractivity contribution in [3.8, 4) is 6.07 Å². The summed E-state index contributed by atoms with van der Waals surface area (Å²) in [7, 11) is 0. The van der Waals surface area contributed by atoms with Crippen LogP contribution in [0.25, 0.3) is 0 Å². The number of benzene rings is 1. The Labute approximate surface area is 131 Å². The highest BCUT2D eigenvalue weighted by Gasteiger charge is 2.18. The first kappa shape index (κ1) is 15.4. The number of aryl methyl sites for hydroxylation is 2. The number of aromatic carboxylic acids is 1. The normalized spacial score (nSPS) is 10.2. The van der Waals surface area contributed by atoms with Crippen LogP contribution in [0.2, 0.25) is 5.02 Å². The highest BCUT2D eigenvalue weighted by Crippen LogP contribution is 2.35. The average molecular weight is 319 g/mol. The molecule has 1 aromatic carbocycles. The molecule has 1 heterocycles. The molecule has 0 spiro atoms. The first-order chi connectivity index (χ1) is 9.93. The van der Waals surface area contributed by atoms with Crippen LogP contribution in [0.1, 0.15) is 27.2 Å². The maximum absolute atomic E-state index is 11.4. The summed E-state index contributed by atoms with van der Waals surface area (Å²) in [4.78, 5) is 16.3. The maximum Gasteiger partial charge on any atom is 0.338 e. The first-order valence-corrected chi connectivity index (χ1v) is 7.21. The van der Waals surface area contributed by atoms with Crippen LogP contribution in [0, 0.1) is 25.2 Å². The second-order valence-corrected chi connectivity index (χ2v) is 5.83. The van der Waals surface area contributed by atoms with Gasteiger partial charge in [0.25, 0.3) is 0 Å². The van der Waals surface area contributed by atoms with Crippen LogP contribution < -0.4 is 0 Å². The van der Waals surface area contributed by atoms with Gasteiger partial charge in [0.15, 0.2) is 0 Å². The predicted molar refractivity (Wildman–Crippen MR) is 81.0 cm³/mol. The molecular weight excluding hydrogens is 308 g/mol. The molecule has 1 N–H and O–H groups in total. The SMILES string of the molecule is Cc1cc(C)c(C(=O)O)c(Sc2cccc(Cl)c2C#N)n1. The van der Waals surface area contributed by atoms with Crippen molar-refractivity contribution in [2.75, 3.05) is 0 Å². The number of hydrogen-bond donors (Lipinski definition) is 1. The summed E-state index contributed by atoms with van der Waals surface area (Å²) in [5.74, 6) is -1.04. The lowest BCUT2D eigenvalue weighted by Gasteiger charge is -2.10. The summed E-state index contributed by atoms with van der Waals surface area (Å²) in [6, 6.07) is 8.81. The number of aromatic nitrogens is 1. The number of carboxylic acids is 1. The molecule has 0 fully saturated rings. The first-order valence-electron chi connectivity index (χ1n) is 6.02. The third-order valence-electron chi connectivity index (χ3n) is 2.82. The van der Waals surface area contributed by atoms with Crippen LogP contribution in [-0.4, -0.2) is 16.1 Å². The molecule has 2 rings (SSSR count). The number of nitriles is 1. The molecule has 0 atom stereocenters. The van der Waals surface area contributed by atoms with Gasteiger partial charge in [0.1, 0.15) is 11.1 Å². The second kappa shape index (κ2) is 6.17. The molecule has 106 valence electrons. The zero-order valence-corrected chi connectivity index (χ0v) is 12.9.